The summed E-state index contributed by atoms with van der Waals surface area (Å²) < 4.78 is 16.1. The van der Waals surface area contributed by atoms with Gasteiger partial charge in [-0.1, -0.05) is 13.8 Å². The lowest BCUT2D eigenvalue weighted by Gasteiger charge is -2.15. The lowest BCUT2D eigenvalue weighted by atomic mass is 10.3. The van der Waals surface area contributed by atoms with E-state index in [9.17, 15) is 4.21 Å². The highest BCUT2D eigenvalue weighted by molar-refractivity contribution is 7.93. The first-order chi connectivity index (χ1) is 5.12. The number of hydrogen-bond donors (Lipinski definition) is 0. The molecule has 0 saturated carbocycles. The molecule has 0 saturated heterocycles. The quantitative estimate of drug-likeness (QED) is 0.630. The van der Waals surface area contributed by atoms with Crippen LogP contribution < -0.4 is 0 Å². The summed E-state index contributed by atoms with van der Waals surface area (Å²) in [5.74, 6) is 2.15. The summed E-state index contributed by atoms with van der Waals surface area (Å²) in [6.07, 6.45) is 2.24. The molecule has 1 rings (SSSR count). The third-order valence-electron chi connectivity index (χ3n) is 1.79. The van der Waals surface area contributed by atoms with Crippen molar-refractivity contribution in [2.45, 2.75) is 26.7 Å². The molecule has 3 heteroatoms. The Balaban J connectivity index is 2.65. The van der Waals surface area contributed by atoms with Crippen LogP contribution in [0.3, 0.4) is 0 Å². The minimum absolute atomic E-state index is 0.518. The highest BCUT2D eigenvalue weighted by atomic mass is 32.2. The molecule has 0 bridgehead atoms. The summed E-state index contributed by atoms with van der Waals surface area (Å²) in [5, 5.41) is 0. The van der Waals surface area contributed by atoms with Gasteiger partial charge in [-0.15, -0.1) is 0 Å². The molecule has 0 aromatic carbocycles. The van der Waals surface area contributed by atoms with E-state index in [1.54, 1.807) is 0 Å². The van der Waals surface area contributed by atoms with Gasteiger partial charge < -0.3 is 0 Å². The summed E-state index contributed by atoms with van der Waals surface area (Å²) in [6, 6.07) is 0. The Morgan fingerprint density at radius 2 is 2.18 bits per heavy atom. The molecule has 1 aliphatic heterocycles. The van der Waals surface area contributed by atoms with E-state index in [4.69, 9.17) is 0 Å². The first-order valence-corrected chi connectivity index (χ1v) is 6.16. The zero-order valence-corrected chi connectivity index (χ0v) is 8.19. The Bertz CT molecular complexity index is 226. The van der Waals surface area contributed by atoms with Crippen LogP contribution in [-0.2, 0) is 9.73 Å². The Morgan fingerprint density at radius 1 is 1.45 bits per heavy atom. The Morgan fingerprint density at radius 3 is 2.64 bits per heavy atom. The standard InChI is InChI=1S/C8H17NOS/c1-8(2)7-11(10)6-4-3-5-9-11/h8H,3-7H2,1-2H3. The van der Waals surface area contributed by atoms with E-state index in [1.165, 1.54) is 0 Å². The molecular weight excluding hydrogens is 158 g/mol. The average Bonchev–Trinajstić information content (AvgIpc) is 1.85. The third kappa shape index (κ3) is 2.81. The van der Waals surface area contributed by atoms with Gasteiger partial charge in [-0.3, -0.25) is 0 Å². The van der Waals surface area contributed by atoms with Crippen LogP contribution in [0.4, 0.5) is 0 Å². The number of nitrogens with zero attached hydrogens (tertiary/aromatic N) is 1. The smallest absolute Gasteiger partial charge is 0.0484 e. The van der Waals surface area contributed by atoms with Crippen LogP contribution in [0.5, 0.6) is 0 Å². The third-order valence-corrected chi connectivity index (χ3v) is 4.56. The predicted octanol–water partition coefficient (Wildman–Crippen LogP) is 1.90. The molecule has 1 unspecified atom stereocenters. The van der Waals surface area contributed by atoms with Crippen molar-refractivity contribution in [3.8, 4) is 0 Å². The molecule has 0 aliphatic carbocycles. The molecular formula is C8H17NOS. The van der Waals surface area contributed by atoms with Crippen molar-refractivity contribution >= 4 is 9.73 Å². The van der Waals surface area contributed by atoms with Gasteiger partial charge in [-0.25, -0.2) is 8.57 Å². The summed E-state index contributed by atoms with van der Waals surface area (Å²) >= 11 is 0. The van der Waals surface area contributed by atoms with Crippen LogP contribution in [0.2, 0.25) is 0 Å². The van der Waals surface area contributed by atoms with E-state index in [-0.39, 0.29) is 0 Å². The van der Waals surface area contributed by atoms with Crippen molar-refractivity contribution in [3.63, 3.8) is 0 Å². The van der Waals surface area contributed by atoms with Crippen LogP contribution in [0.25, 0.3) is 0 Å². The zero-order valence-electron chi connectivity index (χ0n) is 7.38. The maximum absolute atomic E-state index is 11.8. The van der Waals surface area contributed by atoms with Gasteiger partial charge >= 0.3 is 0 Å². The number of hydrogen-bond acceptors (Lipinski definition) is 2. The van der Waals surface area contributed by atoms with Crippen molar-refractivity contribution in [2.75, 3.05) is 18.1 Å². The largest absolute Gasteiger partial charge is 0.250 e. The molecule has 11 heavy (non-hydrogen) atoms. The van der Waals surface area contributed by atoms with Gasteiger partial charge in [-0.05, 0) is 18.8 Å². The molecule has 1 atom stereocenters. The fraction of sp³-hybridized carbons (Fsp3) is 1.00. The average molecular weight is 175 g/mol. The van der Waals surface area contributed by atoms with E-state index >= 15 is 0 Å². The van der Waals surface area contributed by atoms with Gasteiger partial charge in [0.15, 0.2) is 0 Å². The highest BCUT2D eigenvalue weighted by Crippen LogP contribution is 2.12. The highest BCUT2D eigenvalue weighted by Gasteiger charge is 2.13. The van der Waals surface area contributed by atoms with Crippen LogP contribution in [0, 0.1) is 5.92 Å². The van der Waals surface area contributed by atoms with Crippen molar-refractivity contribution in [3.05, 3.63) is 0 Å². The molecule has 0 radical (unpaired) electrons. The molecule has 0 N–H and O–H groups in total. The second-order valence-corrected chi connectivity index (χ2v) is 6.14. The van der Waals surface area contributed by atoms with Gasteiger partial charge in [0, 0.05) is 27.8 Å². The molecule has 0 aromatic rings. The first kappa shape index (κ1) is 9.04. The van der Waals surface area contributed by atoms with Crippen LogP contribution in [0.1, 0.15) is 26.7 Å². The lowest BCUT2D eigenvalue weighted by molar-refractivity contribution is 0.641. The lowest BCUT2D eigenvalue weighted by Crippen LogP contribution is -2.19. The predicted molar refractivity (Wildman–Crippen MR) is 49.2 cm³/mol. The fourth-order valence-electron chi connectivity index (χ4n) is 1.39. The summed E-state index contributed by atoms with van der Waals surface area (Å²) in [4.78, 5) is 0. The summed E-state index contributed by atoms with van der Waals surface area (Å²) in [7, 11) is -1.76. The normalized spacial score (nSPS) is 31.9. The SMILES string of the molecule is CC(C)CS1(=O)=NCCCC1. The van der Waals surface area contributed by atoms with E-state index in [0.29, 0.717) is 5.92 Å². The molecule has 0 aromatic heterocycles. The molecule has 0 spiro atoms. The maximum Gasteiger partial charge on any atom is 0.0484 e. The minimum Gasteiger partial charge on any atom is -0.250 e. The molecule has 1 heterocycles. The summed E-state index contributed by atoms with van der Waals surface area (Å²) in [6.45, 7) is 5.04. The molecule has 2 nitrogen and oxygen atoms in total. The topological polar surface area (TPSA) is 29.4 Å². The minimum atomic E-state index is -1.76. The van der Waals surface area contributed by atoms with Gasteiger partial charge in [-0.2, -0.15) is 0 Å². The summed E-state index contributed by atoms with van der Waals surface area (Å²) in [5.41, 5.74) is 0. The maximum atomic E-state index is 11.8. The van der Waals surface area contributed by atoms with Crippen molar-refractivity contribution in [1.82, 2.24) is 0 Å². The van der Waals surface area contributed by atoms with Crippen molar-refractivity contribution in [1.29, 1.82) is 0 Å². The Labute approximate surface area is 69.6 Å². The van der Waals surface area contributed by atoms with Crippen molar-refractivity contribution in [2.24, 2.45) is 10.3 Å². The van der Waals surface area contributed by atoms with Crippen LogP contribution >= 0.6 is 0 Å². The first-order valence-electron chi connectivity index (χ1n) is 4.31. The zero-order chi connectivity index (χ0) is 8.32. The van der Waals surface area contributed by atoms with Crippen LogP contribution in [0.15, 0.2) is 4.36 Å². The Hall–Kier alpha value is -0.0500. The monoisotopic (exact) mass is 175 g/mol. The van der Waals surface area contributed by atoms with Crippen LogP contribution in [-0.4, -0.2) is 22.3 Å². The van der Waals surface area contributed by atoms with Gasteiger partial charge in [0.25, 0.3) is 0 Å². The van der Waals surface area contributed by atoms with E-state index in [1.807, 2.05) is 0 Å². The van der Waals surface area contributed by atoms with E-state index in [2.05, 4.69) is 18.2 Å². The molecule has 1 aliphatic rings. The molecule has 0 fully saturated rings. The second kappa shape index (κ2) is 3.57. The molecule has 66 valence electrons. The second-order valence-electron chi connectivity index (χ2n) is 3.60. The molecule has 0 amide bonds. The van der Waals surface area contributed by atoms with Gasteiger partial charge in [0.2, 0.25) is 0 Å². The van der Waals surface area contributed by atoms with Gasteiger partial charge in [0.1, 0.15) is 0 Å². The van der Waals surface area contributed by atoms with E-state index in [0.717, 1.165) is 30.9 Å². The van der Waals surface area contributed by atoms with E-state index < -0.39 is 9.73 Å². The fourth-order valence-corrected chi connectivity index (χ4v) is 3.95. The van der Waals surface area contributed by atoms with Crippen molar-refractivity contribution < 1.29 is 4.21 Å². The number of rotatable bonds is 2. The van der Waals surface area contributed by atoms with Gasteiger partial charge in [0.05, 0.1) is 0 Å². The Kier molecular flexibility index (Phi) is 2.93.